The molecular weight excluding hydrogens is 312 g/mol. The Morgan fingerprint density at radius 3 is 2.36 bits per heavy atom. The van der Waals surface area contributed by atoms with Crippen LogP contribution < -0.4 is 5.32 Å². The Kier molecular flexibility index (Phi) is 5.80. The van der Waals surface area contributed by atoms with Crippen molar-refractivity contribution in [3.63, 3.8) is 0 Å². The first kappa shape index (κ1) is 18.4. The van der Waals surface area contributed by atoms with Crippen LogP contribution in [0, 0.1) is 5.41 Å². The smallest absolute Gasteiger partial charge is 0.226 e. The number of piperidine rings is 1. The number of hydrogen-bond donors (Lipinski definition) is 1. The average Bonchev–Trinajstić information content (AvgIpc) is 2.57. The second kappa shape index (κ2) is 7.88. The van der Waals surface area contributed by atoms with Gasteiger partial charge in [-0.25, -0.2) is 0 Å². The number of nitrogens with one attached hydrogen (secondary N) is 1. The van der Waals surface area contributed by atoms with Crippen LogP contribution in [0.5, 0.6) is 0 Å². The van der Waals surface area contributed by atoms with Crippen molar-refractivity contribution in [2.24, 2.45) is 5.41 Å². The summed E-state index contributed by atoms with van der Waals surface area (Å²) >= 11 is 0. The summed E-state index contributed by atoms with van der Waals surface area (Å²) in [6.45, 7) is 9.28. The highest BCUT2D eigenvalue weighted by atomic mass is 16.5. The lowest BCUT2D eigenvalue weighted by atomic mass is 9.79. The summed E-state index contributed by atoms with van der Waals surface area (Å²) in [6.07, 6.45) is 4.17. The fourth-order valence-electron chi connectivity index (χ4n) is 4.16. The molecule has 2 fully saturated rings. The zero-order valence-electron chi connectivity index (χ0n) is 15.8. The predicted molar refractivity (Wildman–Crippen MR) is 100 cm³/mol. The number of rotatable bonds is 4. The highest BCUT2D eigenvalue weighted by Crippen LogP contribution is 2.32. The van der Waals surface area contributed by atoms with E-state index < -0.39 is 0 Å². The molecule has 4 nitrogen and oxygen atoms in total. The molecule has 25 heavy (non-hydrogen) atoms. The van der Waals surface area contributed by atoms with E-state index in [-0.39, 0.29) is 29.6 Å². The molecule has 1 amide bonds. The van der Waals surface area contributed by atoms with Gasteiger partial charge < -0.3 is 10.1 Å². The van der Waals surface area contributed by atoms with Crippen LogP contribution in [0.4, 0.5) is 0 Å². The molecule has 1 aromatic rings. The van der Waals surface area contributed by atoms with Crippen molar-refractivity contribution in [2.75, 3.05) is 13.1 Å². The highest BCUT2D eigenvalue weighted by molar-refractivity contribution is 5.82. The zero-order valence-corrected chi connectivity index (χ0v) is 15.8. The number of carbonyl (C=O) groups is 1. The third-order valence-electron chi connectivity index (χ3n) is 5.79. The first-order valence-corrected chi connectivity index (χ1v) is 9.67. The average molecular weight is 344 g/mol. The van der Waals surface area contributed by atoms with Gasteiger partial charge in [0.1, 0.15) is 0 Å². The van der Waals surface area contributed by atoms with Gasteiger partial charge in [-0.15, -0.1) is 0 Å². The predicted octanol–water partition coefficient (Wildman–Crippen LogP) is 3.36. The van der Waals surface area contributed by atoms with Crippen molar-refractivity contribution in [1.82, 2.24) is 10.2 Å². The van der Waals surface area contributed by atoms with Crippen LogP contribution in [-0.4, -0.2) is 42.1 Å². The highest BCUT2D eigenvalue weighted by Gasteiger charge is 2.38. The van der Waals surface area contributed by atoms with Gasteiger partial charge >= 0.3 is 0 Å². The van der Waals surface area contributed by atoms with Crippen LogP contribution >= 0.6 is 0 Å². The molecule has 1 N–H and O–H groups in total. The Bertz CT molecular complexity index is 557. The second-order valence-electron chi connectivity index (χ2n) is 8.22. The first-order valence-electron chi connectivity index (χ1n) is 9.67. The number of likely N-dealkylation sites (tertiary alicyclic amines) is 1. The summed E-state index contributed by atoms with van der Waals surface area (Å²) in [4.78, 5) is 15.4. The fraction of sp³-hybridized carbons (Fsp3) is 0.667. The van der Waals surface area contributed by atoms with E-state index >= 15 is 0 Å². The normalized spacial score (nSPS) is 30.0. The monoisotopic (exact) mass is 344 g/mol. The quantitative estimate of drug-likeness (QED) is 0.911. The van der Waals surface area contributed by atoms with Gasteiger partial charge in [-0.2, -0.15) is 0 Å². The SMILES string of the molecule is CC1CC(NC(=O)C2(C)CCN(Cc3ccccc3)CC2)CC(C)O1. The maximum absolute atomic E-state index is 12.9. The molecule has 0 bridgehead atoms. The van der Waals surface area contributed by atoms with Crippen LogP contribution in [-0.2, 0) is 16.1 Å². The van der Waals surface area contributed by atoms with Crippen molar-refractivity contribution in [2.45, 2.75) is 71.2 Å². The summed E-state index contributed by atoms with van der Waals surface area (Å²) < 4.78 is 5.78. The number of nitrogens with zero attached hydrogens (tertiary/aromatic N) is 1. The number of amides is 1. The van der Waals surface area contributed by atoms with Crippen LogP contribution in [0.25, 0.3) is 0 Å². The molecule has 0 aromatic heterocycles. The van der Waals surface area contributed by atoms with Gasteiger partial charge in [0.05, 0.1) is 12.2 Å². The Morgan fingerprint density at radius 1 is 1.16 bits per heavy atom. The molecular formula is C21H32N2O2. The number of carbonyl (C=O) groups excluding carboxylic acids is 1. The summed E-state index contributed by atoms with van der Waals surface area (Å²) in [5, 5.41) is 3.32. The summed E-state index contributed by atoms with van der Waals surface area (Å²) in [6, 6.07) is 10.8. The minimum absolute atomic E-state index is 0.231. The van der Waals surface area contributed by atoms with E-state index in [1.165, 1.54) is 5.56 Å². The third kappa shape index (κ3) is 4.83. The van der Waals surface area contributed by atoms with Crippen molar-refractivity contribution in [3.8, 4) is 0 Å². The molecule has 2 aliphatic heterocycles. The molecule has 138 valence electrons. The van der Waals surface area contributed by atoms with E-state index in [1.807, 2.05) is 0 Å². The first-order chi connectivity index (χ1) is 11.9. The van der Waals surface area contributed by atoms with Gasteiger partial charge in [0.25, 0.3) is 0 Å². The van der Waals surface area contributed by atoms with Crippen molar-refractivity contribution < 1.29 is 9.53 Å². The molecule has 0 radical (unpaired) electrons. The van der Waals surface area contributed by atoms with E-state index in [0.717, 1.165) is 45.3 Å². The van der Waals surface area contributed by atoms with E-state index in [0.29, 0.717) is 0 Å². The summed E-state index contributed by atoms with van der Waals surface area (Å²) in [7, 11) is 0. The topological polar surface area (TPSA) is 41.6 Å². The van der Waals surface area contributed by atoms with Crippen LogP contribution in [0.3, 0.4) is 0 Å². The molecule has 2 unspecified atom stereocenters. The van der Waals surface area contributed by atoms with E-state index in [4.69, 9.17) is 4.74 Å². The maximum Gasteiger partial charge on any atom is 0.226 e. The van der Waals surface area contributed by atoms with Crippen molar-refractivity contribution in [3.05, 3.63) is 35.9 Å². The van der Waals surface area contributed by atoms with Gasteiger partial charge in [-0.1, -0.05) is 37.3 Å². The molecule has 2 aliphatic rings. The van der Waals surface area contributed by atoms with Gasteiger partial charge in [0.15, 0.2) is 0 Å². The minimum atomic E-state index is -0.238. The lowest BCUT2D eigenvalue weighted by Crippen LogP contribution is -2.52. The van der Waals surface area contributed by atoms with Crippen molar-refractivity contribution in [1.29, 1.82) is 0 Å². The second-order valence-corrected chi connectivity index (χ2v) is 8.22. The summed E-state index contributed by atoms with van der Waals surface area (Å²) in [5.74, 6) is 0.234. The third-order valence-corrected chi connectivity index (χ3v) is 5.79. The Hall–Kier alpha value is -1.39. The molecule has 0 aliphatic carbocycles. The summed E-state index contributed by atoms with van der Waals surface area (Å²) in [5.41, 5.74) is 1.11. The van der Waals surface area contributed by atoms with E-state index in [9.17, 15) is 4.79 Å². The van der Waals surface area contributed by atoms with Crippen LogP contribution in [0.2, 0.25) is 0 Å². The lowest BCUT2D eigenvalue weighted by Gasteiger charge is -2.40. The van der Waals surface area contributed by atoms with Gasteiger partial charge in [-0.3, -0.25) is 9.69 Å². The van der Waals surface area contributed by atoms with E-state index in [1.54, 1.807) is 0 Å². The largest absolute Gasteiger partial charge is 0.375 e. The zero-order chi connectivity index (χ0) is 17.9. The number of ether oxygens (including phenoxy) is 1. The molecule has 2 saturated heterocycles. The Labute approximate surface area is 151 Å². The molecule has 0 spiro atoms. The lowest BCUT2D eigenvalue weighted by molar-refractivity contribution is -0.135. The number of hydrogen-bond acceptors (Lipinski definition) is 3. The van der Waals surface area contributed by atoms with Gasteiger partial charge in [0.2, 0.25) is 5.91 Å². The number of benzene rings is 1. The maximum atomic E-state index is 12.9. The fourth-order valence-corrected chi connectivity index (χ4v) is 4.16. The van der Waals surface area contributed by atoms with Crippen LogP contribution in [0.15, 0.2) is 30.3 Å². The molecule has 4 heteroatoms. The molecule has 1 aromatic carbocycles. The molecule has 2 atom stereocenters. The molecule has 3 rings (SSSR count). The minimum Gasteiger partial charge on any atom is -0.375 e. The molecule has 0 saturated carbocycles. The Morgan fingerprint density at radius 2 is 1.76 bits per heavy atom. The Balaban J connectivity index is 1.50. The van der Waals surface area contributed by atoms with E-state index in [2.05, 4.69) is 61.3 Å². The molecule has 2 heterocycles. The van der Waals surface area contributed by atoms with Crippen LogP contribution in [0.1, 0.15) is 52.0 Å². The van der Waals surface area contributed by atoms with Crippen molar-refractivity contribution >= 4 is 5.91 Å². The van der Waals surface area contributed by atoms with Gasteiger partial charge in [0, 0.05) is 18.0 Å². The van der Waals surface area contributed by atoms with Gasteiger partial charge in [-0.05, 0) is 58.2 Å². The standard InChI is InChI=1S/C21H32N2O2/c1-16-13-19(14-17(2)25-16)22-20(24)21(3)9-11-23(12-10-21)15-18-7-5-4-6-8-18/h4-8,16-17,19H,9-15H2,1-3H3,(H,22,24).